The third kappa shape index (κ3) is 7.67. The number of aromatic nitrogens is 2. The van der Waals surface area contributed by atoms with E-state index in [1.807, 2.05) is 11.0 Å². The van der Waals surface area contributed by atoms with Crippen molar-refractivity contribution < 1.29 is 29.4 Å². The van der Waals surface area contributed by atoms with Gasteiger partial charge in [-0.1, -0.05) is 12.0 Å². The molecule has 0 unspecified atom stereocenters. The van der Waals surface area contributed by atoms with E-state index in [4.69, 9.17) is 11.5 Å². The molecule has 0 radical (unpaired) electrons. The summed E-state index contributed by atoms with van der Waals surface area (Å²) in [4.78, 5) is 69.4. The molecule has 3 aromatic rings. The van der Waals surface area contributed by atoms with Crippen molar-refractivity contribution in [1.82, 2.24) is 20.2 Å². The number of terminal acetylenes is 1. The molecule has 2 amide bonds. The van der Waals surface area contributed by atoms with Crippen molar-refractivity contribution in [3.05, 3.63) is 69.8 Å². The van der Waals surface area contributed by atoms with E-state index in [2.05, 4.69) is 21.2 Å². The molecule has 208 valence electrons. The van der Waals surface area contributed by atoms with Crippen molar-refractivity contribution in [1.29, 1.82) is 0 Å². The van der Waals surface area contributed by atoms with Crippen LogP contribution >= 0.6 is 0 Å². The molecule has 0 aliphatic carbocycles. The van der Waals surface area contributed by atoms with Crippen molar-refractivity contribution in [2.45, 2.75) is 32.4 Å². The highest BCUT2D eigenvalue weighted by atomic mass is 16.4. The van der Waals surface area contributed by atoms with E-state index in [1.165, 1.54) is 19.2 Å². The van der Waals surface area contributed by atoms with Gasteiger partial charge in [0, 0.05) is 31.3 Å². The number of aryl methyl sites for hydroxylation is 1. The molecule has 12 heteroatoms. The van der Waals surface area contributed by atoms with Gasteiger partial charge in [-0.25, -0.2) is 9.78 Å². The Labute approximate surface area is 229 Å². The largest absolute Gasteiger partial charge is 0.480 e. The number of H-pyrrole nitrogens is 1. The second-order valence-corrected chi connectivity index (χ2v) is 9.16. The Morgan fingerprint density at radius 2 is 1.82 bits per heavy atom. The molecule has 0 saturated carbocycles. The zero-order valence-electron chi connectivity index (χ0n) is 22.0. The van der Waals surface area contributed by atoms with E-state index in [0.717, 1.165) is 10.5 Å². The number of hydrogen-bond donors (Lipinski definition) is 4. The number of carboxylic acids is 2. The van der Waals surface area contributed by atoms with Crippen LogP contribution in [0.25, 0.3) is 10.9 Å². The van der Waals surface area contributed by atoms with Gasteiger partial charge in [0.25, 0.3) is 11.5 Å². The lowest BCUT2D eigenvalue weighted by Crippen LogP contribution is -2.42. The van der Waals surface area contributed by atoms with Gasteiger partial charge in [-0.05, 0) is 55.3 Å². The number of benzene rings is 2. The number of aliphatic carboxylic acids is 2. The lowest BCUT2D eigenvalue weighted by Gasteiger charge is -2.23. The topological polar surface area (TPSA) is 173 Å². The Morgan fingerprint density at radius 3 is 2.45 bits per heavy atom. The molecule has 3 rings (SSSR count). The number of aromatic amines is 1. The molecule has 0 bridgehead atoms. The van der Waals surface area contributed by atoms with Crippen LogP contribution in [0.1, 0.15) is 34.6 Å². The molecule has 1 aromatic heterocycles. The monoisotopic (exact) mass is 547 g/mol. The van der Waals surface area contributed by atoms with Gasteiger partial charge in [0.2, 0.25) is 5.91 Å². The van der Waals surface area contributed by atoms with Crippen molar-refractivity contribution in [3.8, 4) is 12.3 Å². The number of rotatable bonds is 12. The molecule has 1 atom stereocenters. The number of nitrogens with one attached hydrogen (secondary N) is 2. The van der Waals surface area contributed by atoms with Crippen LogP contribution in [0.5, 0.6) is 0 Å². The first kappa shape index (κ1) is 29.4. The van der Waals surface area contributed by atoms with E-state index in [0.29, 0.717) is 29.0 Å². The van der Waals surface area contributed by atoms with Gasteiger partial charge in [-0.3, -0.25) is 19.2 Å². The van der Waals surface area contributed by atoms with Crippen LogP contribution in [0, 0.1) is 19.3 Å². The number of likely N-dealkylation sites (N-methyl/N-ethyl adjacent to an activating group) is 1. The number of carbonyl (C=O) groups is 4. The number of amides is 2. The van der Waals surface area contributed by atoms with Crippen LogP contribution in [-0.4, -0.2) is 75.0 Å². The predicted molar refractivity (Wildman–Crippen MR) is 147 cm³/mol. The summed E-state index contributed by atoms with van der Waals surface area (Å²) in [6.45, 7) is 1.82. The van der Waals surface area contributed by atoms with Crippen LogP contribution in [0.3, 0.4) is 0 Å². The number of carbonyl (C=O) groups excluding carboxylic acids is 2. The van der Waals surface area contributed by atoms with Crippen LogP contribution in [0.4, 0.5) is 5.69 Å². The first-order chi connectivity index (χ1) is 19.0. The van der Waals surface area contributed by atoms with E-state index < -0.39 is 36.3 Å². The van der Waals surface area contributed by atoms with Crippen LogP contribution < -0.4 is 15.8 Å². The van der Waals surface area contributed by atoms with E-state index in [9.17, 15) is 29.1 Å². The van der Waals surface area contributed by atoms with Gasteiger partial charge in [0.1, 0.15) is 18.4 Å². The Morgan fingerprint density at radius 1 is 1.12 bits per heavy atom. The summed E-state index contributed by atoms with van der Waals surface area (Å²) in [6.07, 6.45) is 5.11. The average Bonchev–Trinajstić information content (AvgIpc) is 2.90. The summed E-state index contributed by atoms with van der Waals surface area (Å²) in [5.41, 5.74) is 2.07. The standard InChI is InChI=1S/C28H29N5O7/c1-4-13-33(15-18-5-10-22-21(14-18)27(38)30-17(2)29-22)20-8-6-19(7-9-20)26(37)31-23(28(39)40)11-12-24(34)32(3)16-25(35)36/h1,5-10,14,23H,11-13,15-16H2,2-3H3,(H,31,37)(H,35,36)(H,39,40)(H,29,30,38)/t23-/m0/s1. The fourth-order valence-electron chi connectivity index (χ4n) is 4.04. The average molecular weight is 548 g/mol. The van der Waals surface area contributed by atoms with Gasteiger partial charge in [-0.15, -0.1) is 6.42 Å². The van der Waals surface area contributed by atoms with Crippen molar-refractivity contribution in [2.24, 2.45) is 0 Å². The highest BCUT2D eigenvalue weighted by molar-refractivity contribution is 5.97. The van der Waals surface area contributed by atoms with Gasteiger partial charge >= 0.3 is 11.9 Å². The van der Waals surface area contributed by atoms with Crippen LogP contribution in [-0.2, 0) is 20.9 Å². The van der Waals surface area contributed by atoms with E-state index in [-0.39, 0.29) is 30.5 Å². The predicted octanol–water partition coefficient (Wildman–Crippen LogP) is 1.38. The fourth-order valence-corrected chi connectivity index (χ4v) is 4.04. The second-order valence-electron chi connectivity index (χ2n) is 9.16. The molecular formula is C28H29N5O7. The molecule has 40 heavy (non-hydrogen) atoms. The van der Waals surface area contributed by atoms with E-state index >= 15 is 0 Å². The highest BCUT2D eigenvalue weighted by Crippen LogP contribution is 2.20. The molecule has 4 N–H and O–H groups in total. The second kappa shape index (κ2) is 13.1. The molecule has 0 aliphatic heterocycles. The highest BCUT2D eigenvalue weighted by Gasteiger charge is 2.23. The summed E-state index contributed by atoms with van der Waals surface area (Å²) in [5, 5.41) is 21.1. The zero-order valence-corrected chi connectivity index (χ0v) is 22.0. The third-order valence-electron chi connectivity index (χ3n) is 6.09. The first-order valence-corrected chi connectivity index (χ1v) is 12.3. The SMILES string of the molecule is C#CCN(Cc1ccc2nc(C)[nH]c(=O)c2c1)c1ccc(C(=O)N[C@@H](CCC(=O)N(C)CC(=O)O)C(=O)O)cc1. The zero-order chi connectivity index (χ0) is 29.4. The number of hydrogen-bond acceptors (Lipinski definition) is 7. The maximum absolute atomic E-state index is 12.7. The van der Waals surface area contributed by atoms with Crippen LogP contribution in [0.15, 0.2) is 47.3 Å². The molecule has 0 spiro atoms. The first-order valence-electron chi connectivity index (χ1n) is 12.3. The lowest BCUT2D eigenvalue weighted by atomic mass is 10.1. The summed E-state index contributed by atoms with van der Waals surface area (Å²) in [7, 11) is 1.30. The minimum absolute atomic E-state index is 0.198. The molecule has 0 aliphatic rings. The van der Waals surface area contributed by atoms with Gasteiger partial charge in [0.15, 0.2) is 0 Å². The Hall–Kier alpha value is -5.18. The maximum Gasteiger partial charge on any atom is 0.326 e. The summed E-state index contributed by atoms with van der Waals surface area (Å²) >= 11 is 0. The number of fused-ring (bicyclic) bond motifs is 1. The van der Waals surface area contributed by atoms with Crippen molar-refractivity contribution >= 4 is 40.3 Å². The third-order valence-corrected chi connectivity index (χ3v) is 6.09. The lowest BCUT2D eigenvalue weighted by molar-refractivity contribution is -0.144. The maximum atomic E-state index is 12.7. The number of anilines is 1. The Balaban J connectivity index is 1.69. The normalized spacial score (nSPS) is 11.3. The number of carboxylic acid groups (broad SMARTS) is 2. The van der Waals surface area contributed by atoms with Gasteiger partial charge < -0.3 is 30.3 Å². The molecule has 12 nitrogen and oxygen atoms in total. The molecule has 2 aromatic carbocycles. The van der Waals surface area contributed by atoms with Crippen LogP contribution in [0.2, 0.25) is 0 Å². The summed E-state index contributed by atoms with van der Waals surface area (Å²) < 4.78 is 0. The van der Waals surface area contributed by atoms with Crippen molar-refractivity contribution in [2.75, 3.05) is 25.0 Å². The fraction of sp³-hybridized carbons (Fsp3) is 0.286. The quantitative estimate of drug-likeness (QED) is 0.244. The minimum Gasteiger partial charge on any atom is -0.480 e. The molecular weight excluding hydrogens is 518 g/mol. The Kier molecular flexibility index (Phi) is 9.59. The summed E-state index contributed by atoms with van der Waals surface area (Å²) in [6, 6.07) is 10.4. The van der Waals surface area contributed by atoms with E-state index in [1.54, 1.807) is 31.2 Å². The summed E-state index contributed by atoms with van der Waals surface area (Å²) in [5.74, 6) is -0.592. The smallest absolute Gasteiger partial charge is 0.326 e. The Bertz CT molecular complexity index is 1520. The van der Waals surface area contributed by atoms with Gasteiger partial charge in [0.05, 0.1) is 17.4 Å². The minimum atomic E-state index is -1.35. The molecule has 0 saturated heterocycles. The van der Waals surface area contributed by atoms with Crippen molar-refractivity contribution in [3.63, 3.8) is 0 Å². The van der Waals surface area contributed by atoms with Gasteiger partial charge in [-0.2, -0.15) is 0 Å². The molecule has 1 heterocycles. The number of nitrogens with zero attached hydrogens (tertiary/aromatic N) is 3. The molecule has 0 fully saturated rings.